The molecule has 1 aliphatic rings. The number of rotatable bonds is 5. The number of carbonyl (C=O) groups excluding carboxylic acids is 1. The third-order valence-electron chi connectivity index (χ3n) is 3.73. The first-order valence-electron chi connectivity index (χ1n) is 7.33. The Labute approximate surface area is 131 Å². The average Bonchev–Trinajstić information content (AvgIpc) is 3.00. The van der Waals surface area contributed by atoms with Crippen molar-refractivity contribution in [3.05, 3.63) is 34.9 Å². The fraction of sp³-hybridized carbons (Fsp3) is 0.588. The van der Waals surface area contributed by atoms with Crippen LogP contribution >= 0.6 is 11.6 Å². The zero-order valence-electron chi connectivity index (χ0n) is 13.1. The van der Waals surface area contributed by atoms with Crippen molar-refractivity contribution in [2.75, 3.05) is 6.61 Å². The number of halogens is 1. The third-order valence-corrected chi connectivity index (χ3v) is 3.99. The molecule has 0 aliphatic heterocycles. The fourth-order valence-corrected chi connectivity index (χ4v) is 2.58. The number of benzene rings is 1. The molecule has 2 rings (SSSR count). The first kappa shape index (κ1) is 16.3. The Morgan fingerprint density at radius 1 is 1.24 bits per heavy atom. The van der Waals surface area contributed by atoms with Gasteiger partial charge in [0.05, 0.1) is 19.1 Å². The van der Waals surface area contributed by atoms with Gasteiger partial charge in [-0.2, -0.15) is 0 Å². The Kier molecular flexibility index (Phi) is 4.95. The Balaban J connectivity index is 1.75. The molecule has 1 aliphatic carbocycles. The van der Waals surface area contributed by atoms with Gasteiger partial charge in [0.1, 0.15) is 5.60 Å². The van der Waals surface area contributed by atoms with Crippen LogP contribution < -0.4 is 0 Å². The Bertz CT molecular complexity index is 490. The Morgan fingerprint density at radius 2 is 1.86 bits per heavy atom. The van der Waals surface area contributed by atoms with Crippen molar-refractivity contribution in [2.24, 2.45) is 17.8 Å². The average molecular weight is 311 g/mol. The van der Waals surface area contributed by atoms with Crippen LogP contribution in [0, 0.1) is 17.8 Å². The smallest absolute Gasteiger partial charge is 0.310 e. The summed E-state index contributed by atoms with van der Waals surface area (Å²) in [5.41, 5.74) is 0.662. The van der Waals surface area contributed by atoms with Gasteiger partial charge in [-0.3, -0.25) is 4.79 Å². The summed E-state index contributed by atoms with van der Waals surface area (Å²) in [4.78, 5) is 12.0. The molecule has 0 N–H and O–H groups in total. The predicted molar refractivity (Wildman–Crippen MR) is 83.1 cm³/mol. The van der Waals surface area contributed by atoms with Gasteiger partial charge in [0, 0.05) is 5.02 Å². The van der Waals surface area contributed by atoms with Crippen molar-refractivity contribution >= 4 is 17.6 Å². The van der Waals surface area contributed by atoms with Gasteiger partial charge in [0.15, 0.2) is 0 Å². The number of ether oxygens (including phenoxy) is 2. The van der Waals surface area contributed by atoms with E-state index in [-0.39, 0.29) is 17.8 Å². The molecular formula is C17H23ClO3. The maximum Gasteiger partial charge on any atom is 0.310 e. The van der Waals surface area contributed by atoms with Crippen LogP contribution in [-0.4, -0.2) is 18.2 Å². The number of carbonyl (C=O) groups is 1. The van der Waals surface area contributed by atoms with Crippen molar-refractivity contribution in [1.29, 1.82) is 0 Å². The molecule has 0 saturated heterocycles. The molecule has 1 aromatic carbocycles. The van der Waals surface area contributed by atoms with Gasteiger partial charge < -0.3 is 9.47 Å². The molecule has 1 aromatic rings. The van der Waals surface area contributed by atoms with Crippen molar-refractivity contribution in [2.45, 2.75) is 39.9 Å². The van der Waals surface area contributed by atoms with E-state index in [0.717, 1.165) is 10.6 Å². The van der Waals surface area contributed by atoms with E-state index in [1.54, 1.807) is 0 Å². The minimum atomic E-state index is -0.423. The van der Waals surface area contributed by atoms with E-state index in [1.165, 1.54) is 0 Å². The molecule has 21 heavy (non-hydrogen) atoms. The zero-order valence-corrected chi connectivity index (χ0v) is 13.8. The summed E-state index contributed by atoms with van der Waals surface area (Å²) >= 11 is 5.84. The summed E-state index contributed by atoms with van der Waals surface area (Å²) in [5, 5.41) is 0.722. The van der Waals surface area contributed by atoms with Crippen LogP contribution in [0.4, 0.5) is 0 Å². The SMILES string of the molecule is CC1C(COCc2ccc(Cl)cc2)C1C(=O)OC(C)(C)C. The Morgan fingerprint density at radius 3 is 2.43 bits per heavy atom. The Hall–Kier alpha value is -1.06. The highest BCUT2D eigenvalue weighted by Gasteiger charge is 2.53. The van der Waals surface area contributed by atoms with Gasteiger partial charge in [-0.1, -0.05) is 30.7 Å². The molecule has 3 atom stereocenters. The molecule has 1 fully saturated rings. The van der Waals surface area contributed by atoms with Gasteiger partial charge in [0.25, 0.3) is 0 Å². The lowest BCUT2D eigenvalue weighted by Crippen LogP contribution is -2.25. The second-order valence-electron chi connectivity index (χ2n) is 6.72. The van der Waals surface area contributed by atoms with E-state index >= 15 is 0 Å². The van der Waals surface area contributed by atoms with E-state index in [4.69, 9.17) is 21.1 Å². The van der Waals surface area contributed by atoms with Crippen LogP contribution in [0.3, 0.4) is 0 Å². The van der Waals surface area contributed by atoms with Crippen molar-refractivity contribution in [3.8, 4) is 0 Å². The molecule has 0 amide bonds. The second kappa shape index (κ2) is 6.37. The highest BCUT2D eigenvalue weighted by molar-refractivity contribution is 6.30. The monoisotopic (exact) mass is 310 g/mol. The minimum absolute atomic E-state index is 0.0190. The van der Waals surface area contributed by atoms with Gasteiger partial charge in [0.2, 0.25) is 0 Å². The molecule has 0 spiro atoms. The molecule has 0 heterocycles. The summed E-state index contributed by atoms with van der Waals surface area (Å²) in [6.45, 7) is 8.89. The van der Waals surface area contributed by atoms with Crippen molar-refractivity contribution < 1.29 is 14.3 Å². The maximum absolute atomic E-state index is 12.0. The molecule has 0 aromatic heterocycles. The number of hydrogen-bond acceptors (Lipinski definition) is 3. The van der Waals surface area contributed by atoms with E-state index in [9.17, 15) is 4.79 Å². The summed E-state index contributed by atoms with van der Waals surface area (Å²) < 4.78 is 11.1. The third kappa shape index (κ3) is 4.72. The summed E-state index contributed by atoms with van der Waals surface area (Å²) in [6.07, 6.45) is 0. The van der Waals surface area contributed by atoms with Crippen LogP contribution in [0.25, 0.3) is 0 Å². The summed E-state index contributed by atoms with van der Waals surface area (Å²) in [7, 11) is 0. The molecule has 3 unspecified atom stereocenters. The van der Waals surface area contributed by atoms with E-state index < -0.39 is 5.60 Å². The standard InChI is InChI=1S/C17H23ClO3/c1-11-14(15(11)16(19)21-17(2,3)4)10-20-9-12-5-7-13(18)8-6-12/h5-8,11,14-15H,9-10H2,1-4H3. The molecule has 1 saturated carbocycles. The lowest BCUT2D eigenvalue weighted by Gasteiger charge is -2.19. The predicted octanol–water partition coefficient (Wildman–Crippen LogP) is 4.08. The first-order chi connectivity index (χ1) is 9.78. The largest absolute Gasteiger partial charge is 0.460 e. The molecular weight excluding hydrogens is 288 g/mol. The van der Waals surface area contributed by atoms with Crippen LogP contribution in [0.5, 0.6) is 0 Å². The van der Waals surface area contributed by atoms with Crippen LogP contribution in [-0.2, 0) is 20.9 Å². The lowest BCUT2D eigenvalue weighted by atomic mass is 10.2. The molecule has 0 bridgehead atoms. The van der Waals surface area contributed by atoms with E-state index in [0.29, 0.717) is 19.1 Å². The van der Waals surface area contributed by atoms with Crippen molar-refractivity contribution in [3.63, 3.8) is 0 Å². The van der Waals surface area contributed by atoms with Crippen LogP contribution in [0.2, 0.25) is 5.02 Å². The molecule has 116 valence electrons. The number of esters is 1. The quantitative estimate of drug-likeness (QED) is 0.769. The minimum Gasteiger partial charge on any atom is -0.460 e. The van der Waals surface area contributed by atoms with Crippen LogP contribution in [0.1, 0.15) is 33.3 Å². The molecule has 4 heteroatoms. The topological polar surface area (TPSA) is 35.5 Å². The summed E-state index contributed by atoms with van der Waals surface area (Å²) in [5.74, 6) is 0.488. The van der Waals surface area contributed by atoms with Crippen molar-refractivity contribution in [1.82, 2.24) is 0 Å². The van der Waals surface area contributed by atoms with Crippen LogP contribution in [0.15, 0.2) is 24.3 Å². The van der Waals surface area contributed by atoms with Gasteiger partial charge in [-0.25, -0.2) is 0 Å². The fourth-order valence-electron chi connectivity index (χ4n) is 2.45. The van der Waals surface area contributed by atoms with E-state index in [2.05, 4.69) is 6.92 Å². The maximum atomic E-state index is 12.0. The number of hydrogen-bond donors (Lipinski definition) is 0. The van der Waals surface area contributed by atoms with E-state index in [1.807, 2.05) is 45.0 Å². The highest BCUT2D eigenvalue weighted by Crippen LogP contribution is 2.47. The normalized spacial score (nSPS) is 24.7. The van der Waals surface area contributed by atoms with Gasteiger partial charge >= 0.3 is 5.97 Å². The molecule has 3 nitrogen and oxygen atoms in total. The highest BCUT2D eigenvalue weighted by atomic mass is 35.5. The zero-order chi connectivity index (χ0) is 15.6. The second-order valence-corrected chi connectivity index (χ2v) is 7.16. The first-order valence-corrected chi connectivity index (χ1v) is 7.71. The van der Waals surface area contributed by atoms with Gasteiger partial charge in [-0.05, 0) is 50.3 Å². The lowest BCUT2D eigenvalue weighted by molar-refractivity contribution is -0.157. The summed E-state index contributed by atoms with van der Waals surface area (Å²) in [6, 6.07) is 7.60. The van der Waals surface area contributed by atoms with Gasteiger partial charge in [-0.15, -0.1) is 0 Å². The molecule has 0 radical (unpaired) electrons.